The van der Waals surface area contributed by atoms with Gasteiger partial charge in [-0.3, -0.25) is 4.79 Å². The Balaban J connectivity index is 1.58. The SMILES string of the molecule is COc1cc(OC)c(C(=O)OCC(=O)N2CCN(S(=O)(=O)c3ccccc3)CC2)cc1OC. The Hall–Kier alpha value is -3.31. The zero-order chi connectivity index (χ0) is 24.0. The number of nitrogens with zero attached hydrogens (tertiary/aromatic N) is 2. The van der Waals surface area contributed by atoms with Crippen LogP contribution in [0.3, 0.4) is 0 Å². The van der Waals surface area contributed by atoms with E-state index in [1.165, 1.54) is 54.8 Å². The minimum Gasteiger partial charge on any atom is -0.496 e. The van der Waals surface area contributed by atoms with Crippen molar-refractivity contribution < 1.29 is 37.0 Å². The lowest BCUT2D eigenvalue weighted by Gasteiger charge is -2.33. The highest BCUT2D eigenvalue weighted by Crippen LogP contribution is 2.35. The summed E-state index contributed by atoms with van der Waals surface area (Å²) in [5, 5.41) is 0. The quantitative estimate of drug-likeness (QED) is 0.524. The molecule has 1 fully saturated rings. The number of sulfonamides is 1. The van der Waals surface area contributed by atoms with E-state index in [0.29, 0.717) is 11.5 Å². The minimum absolute atomic E-state index is 0.0849. The van der Waals surface area contributed by atoms with Gasteiger partial charge in [0.1, 0.15) is 11.3 Å². The average Bonchev–Trinajstić information content (AvgIpc) is 2.86. The second-order valence-corrected chi connectivity index (χ2v) is 9.02. The Kier molecular flexibility index (Phi) is 7.77. The van der Waals surface area contributed by atoms with E-state index in [1.54, 1.807) is 18.2 Å². The number of piperazine rings is 1. The van der Waals surface area contributed by atoms with E-state index in [9.17, 15) is 18.0 Å². The van der Waals surface area contributed by atoms with Crippen molar-refractivity contribution in [1.82, 2.24) is 9.21 Å². The number of ether oxygens (including phenoxy) is 4. The zero-order valence-electron chi connectivity index (χ0n) is 18.6. The molecule has 3 rings (SSSR count). The lowest BCUT2D eigenvalue weighted by Crippen LogP contribution is -2.51. The van der Waals surface area contributed by atoms with Crippen molar-refractivity contribution >= 4 is 21.9 Å². The lowest BCUT2D eigenvalue weighted by atomic mass is 10.1. The van der Waals surface area contributed by atoms with E-state index in [2.05, 4.69) is 0 Å². The number of hydrogen-bond acceptors (Lipinski definition) is 8. The van der Waals surface area contributed by atoms with Crippen LogP contribution in [0.5, 0.6) is 17.2 Å². The van der Waals surface area contributed by atoms with Crippen LogP contribution in [0, 0.1) is 0 Å². The van der Waals surface area contributed by atoms with Crippen LogP contribution < -0.4 is 14.2 Å². The van der Waals surface area contributed by atoms with Crippen molar-refractivity contribution in [2.24, 2.45) is 0 Å². The van der Waals surface area contributed by atoms with E-state index in [4.69, 9.17) is 18.9 Å². The van der Waals surface area contributed by atoms with Crippen LogP contribution in [0.25, 0.3) is 0 Å². The summed E-state index contributed by atoms with van der Waals surface area (Å²) in [6.07, 6.45) is 0. The summed E-state index contributed by atoms with van der Waals surface area (Å²) in [5.74, 6) is -0.270. The van der Waals surface area contributed by atoms with Crippen LogP contribution in [-0.4, -0.2) is 83.6 Å². The van der Waals surface area contributed by atoms with Crippen LogP contribution in [-0.2, 0) is 19.6 Å². The molecule has 2 aromatic carbocycles. The summed E-state index contributed by atoms with van der Waals surface area (Å²) in [6.45, 7) is 0.215. The fraction of sp³-hybridized carbons (Fsp3) is 0.364. The maximum Gasteiger partial charge on any atom is 0.342 e. The van der Waals surface area contributed by atoms with Crippen LogP contribution in [0.4, 0.5) is 0 Å². The number of hydrogen-bond donors (Lipinski definition) is 0. The molecule has 0 saturated carbocycles. The topological polar surface area (TPSA) is 112 Å². The molecule has 0 bridgehead atoms. The third-order valence-electron chi connectivity index (χ3n) is 5.22. The molecular formula is C22H26N2O8S. The van der Waals surface area contributed by atoms with Crippen molar-refractivity contribution in [3.63, 3.8) is 0 Å². The Morgan fingerprint density at radius 1 is 0.848 bits per heavy atom. The highest BCUT2D eigenvalue weighted by atomic mass is 32.2. The first-order chi connectivity index (χ1) is 15.8. The molecule has 33 heavy (non-hydrogen) atoms. The largest absolute Gasteiger partial charge is 0.496 e. The lowest BCUT2D eigenvalue weighted by molar-refractivity contribution is -0.135. The molecule has 0 aromatic heterocycles. The molecule has 1 amide bonds. The maximum absolute atomic E-state index is 12.7. The zero-order valence-corrected chi connectivity index (χ0v) is 19.5. The van der Waals surface area contributed by atoms with Gasteiger partial charge < -0.3 is 23.8 Å². The minimum atomic E-state index is -3.62. The standard InChI is InChI=1S/C22H26N2O8S/c1-29-18-14-20(31-3)19(30-2)13-17(18)22(26)32-15-21(25)23-9-11-24(12-10-23)33(27,28)16-7-5-4-6-8-16/h4-8,13-14H,9-12,15H2,1-3H3. The molecule has 0 N–H and O–H groups in total. The number of amides is 1. The van der Waals surface area contributed by atoms with E-state index >= 15 is 0 Å². The molecule has 0 spiro atoms. The third kappa shape index (κ3) is 5.37. The van der Waals surface area contributed by atoms with Gasteiger partial charge in [0.25, 0.3) is 5.91 Å². The van der Waals surface area contributed by atoms with Crippen LogP contribution in [0.1, 0.15) is 10.4 Å². The number of carbonyl (C=O) groups is 2. The summed E-state index contributed by atoms with van der Waals surface area (Å²) in [7, 11) is 0.664. The number of rotatable bonds is 8. The first-order valence-electron chi connectivity index (χ1n) is 10.1. The van der Waals surface area contributed by atoms with Gasteiger partial charge in [0, 0.05) is 38.3 Å². The molecule has 11 heteroatoms. The molecule has 0 aliphatic carbocycles. The fourth-order valence-corrected chi connectivity index (χ4v) is 4.85. The van der Waals surface area contributed by atoms with E-state index in [1.807, 2.05) is 0 Å². The molecule has 1 aliphatic rings. The molecule has 10 nitrogen and oxygen atoms in total. The molecule has 2 aromatic rings. The van der Waals surface area contributed by atoms with Gasteiger partial charge in [0.2, 0.25) is 10.0 Å². The average molecular weight is 479 g/mol. The predicted molar refractivity (Wildman–Crippen MR) is 118 cm³/mol. The number of esters is 1. The van der Waals surface area contributed by atoms with E-state index in [0.717, 1.165) is 0 Å². The van der Waals surface area contributed by atoms with Gasteiger partial charge in [-0.15, -0.1) is 0 Å². The van der Waals surface area contributed by atoms with Crippen LogP contribution in [0.15, 0.2) is 47.4 Å². The molecule has 1 aliphatic heterocycles. The molecule has 178 valence electrons. The van der Waals surface area contributed by atoms with Gasteiger partial charge in [-0.1, -0.05) is 18.2 Å². The first kappa shape index (κ1) is 24.3. The maximum atomic E-state index is 12.7. The Labute approximate surface area is 192 Å². The van der Waals surface area contributed by atoms with Crippen molar-refractivity contribution in [2.45, 2.75) is 4.90 Å². The second kappa shape index (κ2) is 10.5. The van der Waals surface area contributed by atoms with Crippen LogP contribution in [0.2, 0.25) is 0 Å². The number of benzene rings is 2. The van der Waals surface area contributed by atoms with Gasteiger partial charge in [0.05, 0.1) is 26.2 Å². The normalized spacial score (nSPS) is 14.5. The summed E-state index contributed by atoms with van der Waals surface area (Å²) in [6, 6.07) is 11.0. The smallest absolute Gasteiger partial charge is 0.342 e. The Morgan fingerprint density at radius 3 is 2.00 bits per heavy atom. The van der Waals surface area contributed by atoms with Crippen molar-refractivity contribution in [3.8, 4) is 17.2 Å². The van der Waals surface area contributed by atoms with Crippen molar-refractivity contribution in [1.29, 1.82) is 0 Å². The summed E-state index contributed by atoms with van der Waals surface area (Å²) < 4.78 is 47.6. The van der Waals surface area contributed by atoms with Gasteiger partial charge in [-0.2, -0.15) is 4.31 Å². The molecular weight excluding hydrogens is 452 g/mol. The molecule has 0 unspecified atom stereocenters. The highest BCUT2D eigenvalue weighted by Gasteiger charge is 2.30. The third-order valence-corrected chi connectivity index (χ3v) is 7.14. The molecule has 0 atom stereocenters. The highest BCUT2D eigenvalue weighted by molar-refractivity contribution is 7.89. The number of carbonyl (C=O) groups excluding carboxylic acids is 2. The Morgan fingerprint density at radius 2 is 1.42 bits per heavy atom. The van der Waals surface area contributed by atoms with Gasteiger partial charge in [-0.25, -0.2) is 13.2 Å². The molecule has 0 radical (unpaired) electrons. The fourth-order valence-electron chi connectivity index (χ4n) is 3.40. The van der Waals surface area contributed by atoms with Crippen molar-refractivity contribution in [3.05, 3.63) is 48.0 Å². The summed E-state index contributed by atoms with van der Waals surface area (Å²) in [5.41, 5.74) is 0.0849. The van der Waals surface area contributed by atoms with Crippen molar-refractivity contribution in [2.75, 3.05) is 54.1 Å². The molecule has 1 saturated heterocycles. The van der Waals surface area contributed by atoms with E-state index in [-0.39, 0.29) is 42.4 Å². The number of methoxy groups -OCH3 is 3. The first-order valence-corrected chi connectivity index (χ1v) is 11.6. The van der Waals surface area contributed by atoms with Gasteiger partial charge in [0.15, 0.2) is 18.1 Å². The van der Waals surface area contributed by atoms with Crippen LogP contribution >= 0.6 is 0 Å². The van der Waals surface area contributed by atoms with E-state index < -0.39 is 28.5 Å². The summed E-state index contributed by atoms with van der Waals surface area (Å²) in [4.78, 5) is 26.8. The monoisotopic (exact) mass is 478 g/mol. The van der Waals surface area contributed by atoms with Gasteiger partial charge >= 0.3 is 5.97 Å². The predicted octanol–water partition coefficient (Wildman–Crippen LogP) is 1.40. The molecule has 1 heterocycles. The second-order valence-electron chi connectivity index (χ2n) is 7.08. The summed E-state index contributed by atoms with van der Waals surface area (Å²) >= 11 is 0. The van der Waals surface area contributed by atoms with Gasteiger partial charge in [-0.05, 0) is 12.1 Å². The Bertz CT molecular complexity index is 1100.